The molecule has 0 aromatic carbocycles. The molecular formula is C9H17NO6. The van der Waals surface area contributed by atoms with E-state index in [1.165, 1.54) is 7.11 Å². The molecule has 0 aromatic rings. The SMILES string of the molecule is COCOC(N)C(=O)OC(=O)OC(C)(C)C. The van der Waals surface area contributed by atoms with Gasteiger partial charge in [-0.3, -0.25) is 5.73 Å². The maximum absolute atomic E-state index is 11.1. The highest BCUT2D eigenvalue weighted by molar-refractivity contribution is 5.84. The fourth-order valence-corrected chi connectivity index (χ4v) is 0.620. The van der Waals surface area contributed by atoms with Crippen LogP contribution in [0, 0.1) is 0 Å². The minimum Gasteiger partial charge on any atom is -0.428 e. The molecular weight excluding hydrogens is 218 g/mol. The van der Waals surface area contributed by atoms with E-state index >= 15 is 0 Å². The Kier molecular flexibility index (Phi) is 5.94. The molecule has 7 heteroatoms. The summed E-state index contributed by atoms with van der Waals surface area (Å²) in [7, 11) is 1.37. The van der Waals surface area contributed by atoms with Crippen molar-refractivity contribution in [1.82, 2.24) is 0 Å². The third-order valence-electron chi connectivity index (χ3n) is 1.17. The topological polar surface area (TPSA) is 97.1 Å². The fourth-order valence-electron chi connectivity index (χ4n) is 0.620. The van der Waals surface area contributed by atoms with E-state index in [9.17, 15) is 9.59 Å². The molecule has 0 rings (SSSR count). The van der Waals surface area contributed by atoms with E-state index < -0.39 is 24.0 Å². The summed E-state index contributed by atoms with van der Waals surface area (Å²) in [5, 5.41) is 0. The lowest BCUT2D eigenvalue weighted by atomic mass is 10.2. The Balaban J connectivity index is 3.99. The van der Waals surface area contributed by atoms with Crippen LogP contribution in [-0.4, -0.2) is 37.9 Å². The van der Waals surface area contributed by atoms with Gasteiger partial charge in [0.2, 0.25) is 6.23 Å². The van der Waals surface area contributed by atoms with Crippen LogP contribution in [0.4, 0.5) is 4.79 Å². The van der Waals surface area contributed by atoms with Crippen LogP contribution in [0.5, 0.6) is 0 Å². The Bertz CT molecular complexity index is 247. The molecule has 0 aromatic heterocycles. The van der Waals surface area contributed by atoms with Crippen LogP contribution >= 0.6 is 0 Å². The summed E-state index contributed by atoms with van der Waals surface area (Å²) in [6.07, 6.45) is -2.50. The molecule has 0 amide bonds. The maximum Gasteiger partial charge on any atom is 0.516 e. The molecule has 0 bridgehead atoms. The van der Waals surface area contributed by atoms with Crippen LogP contribution in [0.2, 0.25) is 0 Å². The predicted molar refractivity (Wildman–Crippen MR) is 53.3 cm³/mol. The summed E-state index contributed by atoms with van der Waals surface area (Å²) in [6.45, 7) is 4.74. The summed E-state index contributed by atoms with van der Waals surface area (Å²) >= 11 is 0. The van der Waals surface area contributed by atoms with Gasteiger partial charge in [-0.1, -0.05) is 0 Å². The van der Waals surface area contributed by atoms with Crippen molar-refractivity contribution in [2.24, 2.45) is 5.73 Å². The zero-order chi connectivity index (χ0) is 12.8. The zero-order valence-corrected chi connectivity index (χ0v) is 9.81. The molecule has 0 fully saturated rings. The highest BCUT2D eigenvalue weighted by Crippen LogP contribution is 2.08. The number of esters is 1. The average Bonchev–Trinajstić information content (AvgIpc) is 2.10. The summed E-state index contributed by atoms with van der Waals surface area (Å²) in [4.78, 5) is 22.2. The van der Waals surface area contributed by atoms with Gasteiger partial charge in [-0.2, -0.15) is 0 Å². The number of ether oxygens (including phenoxy) is 4. The molecule has 1 unspecified atom stereocenters. The van der Waals surface area contributed by atoms with Crippen LogP contribution in [0.1, 0.15) is 20.8 Å². The van der Waals surface area contributed by atoms with Crippen molar-refractivity contribution in [2.45, 2.75) is 32.6 Å². The molecule has 0 saturated heterocycles. The number of hydrogen-bond donors (Lipinski definition) is 1. The van der Waals surface area contributed by atoms with E-state index in [1.54, 1.807) is 20.8 Å². The Labute approximate surface area is 93.8 Å². The van der Waals surface area contributed by atoms with E-state index in [4.69, 9.17) is 10.5 Å². The second-order valence-corrected chi connectivity index (χ2v) is 3.88. The van der Waals surface area contributed by atoms with Crippen molar-refractivity contribution in [3.63, 3.8) is 0 Å². The lowest BCUT2D eigenvalue weighted by Gasteiger charge is -2.18. The molecule has 16 heavy (non-hydrogen) atoms. The maximum atomic E-state index is 11.1. The number of rotatable bonds is 4. The molecule has 0 saturated carbocycles. The number of hydrogen-bond acceptors (Lipinski definition) is 7. The van der Waals surface area contributed by atoms with E-state index in [0.717, 1.165) is 0 Å². The number of carbonyl (C=O) groups excluding carboxylic acids is 2. The summed E-state index contributed by atoms with van der Waals surface area (Å²) in [6, 6.07) is 0. The summed E-state index contributed by atoms with van der Waals surface area (Å²) in [5.74, 6) is -1.04. The summed E-state index contributed by atoms with van der Waals surface area (Å²) < 4.78 is 18.2. The Morgan fingerprint density at radius 2 is 1.88 bits per heavy atom. The molecule has 7 nitrogen and oxygen atoms in total. The van der Waals surface area contributed by atoms with Gasteiger partial charge >= 0.3 is 12.1 Å². The highest BCUT2D eigenvalue weighted by Gasteiger charge is 2.24. The first-order valence-corrected chi connectivity index (χ1v) is 4.57. The van der Waals surface area contributed by atoms with Crippen molar-refractivity contribution in [2.75, 3.05) is 13.9 Å². The lowest BCUT2D eigenvalue weighted by Crippen LogP contribution is -2.38. The van der Waals surface area contributed by atoms with Crippen molar-refractivity contribution < 1.29 is 28.5 Å². The molecule has 0 aliphatic rings. The zero-order valence-electron chi connectivity index (χ0n) is 9.81. The largest absolute Gasteiger partial charge is 0.516 e. The van der Waals surface area contributed by atoms with Gasteiger partial charge in [0.15, 0.2) is 0 Å². The lowest BCUT2D eigenvalue weighted by molar-refractivity contribution is -0.162. The van der Waals surface area contributed by atoms with Crippen molar-refractivity contribution in [3.05, 3.63) is 0 Å². The molecule has 2 N–H and O–H groups in total. The van der Waals surface area contributed by atoms with Gasteiger partial charge in [0.1, 0.15) is 12.4 Å². The highest BCUT2D eigenvalue weighted by atomic mass is 16.8. The first-order valence-electron chi connectivity index (χ1n) is 4.57. The first kappa shape index (κ1) is 14.8. The Morgan fingerprint density at radius 1 is 1.31 bits per heavy atom. The van der Waals surface area contributed by atoms with Crippen LogP contribution < -0.4 is 5.73 Å². The third-order valence-corrected chi connectivity index (χ3v) is 1.17. The van der Waals surface area contributed by atoms with Gasteiger partial charge in [0, 0.05) is 7.11 Å². The normalized spacial score (nSPS) is 13.1. The minimum atomic E-state index is -1.38. The van der Waals surface area contributed by atoms with E-state index in [2.05, 4.69) is 14.2 Å². The smallest absolute Gasteiger partial charge is 0.428 e. The van der Waals surface area contributed by atoms with Gasteiger partial charge < -0.3 is 18.9 Å². The minimum absolute atomic E-state index is 0.176. The monoisotopic (exact) mass is 235 g/mol. The van der Waals surface area contributed by atoms with Crippen molar-refractivity contribution in [3.8, 4) is 0 Å². The third kappa shape index (κ3) is 7.16. The standard InChI is InChI=1S/C9H17NO6/c1-9(2,3)16-8(12)15-7(11)6(10)14-5-13-4/h6H,5,10H2,1-4H3. The number of methoxy groups -OCH3 is 1. The molecule has 1 atom stereocenters. The second-order valence-electron chi connectivity index (χ2n) is 3.88. The van der Waals surface area contributed by atoms with Gasteiger partial charge in [-0.25, -0.2) is 9.59 Å². The van der Waals surface area contributed by atoms with Gasteiger partial charge in [0.25, 0.3) is 0 Å². The van der Waals surface area contributed by atoms with Crippen LogP contribution in [0.25, 0.3) is 0 Å². The van der Waals surface area contributed by atoms with Gasteiger partial charge in [0.05, 0.1) is 0 Å². The number of nitrogens with two attached hydrogens (primary N) is 1. The number of carbonyl (C=O) groups is 2. The average molecular weight is 235 g/mol. The Morgan fingerprint density at radius 3 is 2.31 bits per heavy atom. The quantitative estimate of drug-likeness (QED) is 0.427. The molecule has 94 valence electrons. The van der Waals surface area contributed by atoms with Crippen LogP contribution in [0.3, 0.4) is 0 Å². The first-order chi connectivity index (χ1) is 7.26. The fraction of sp³-hybridized carbons (Fsp3) is 0.778. The van der Waals surface area contributed by atoms with E-state index in [0.29, 0.717) is 0 Å². The second kappa shape index (κ2) is 6.41. The predicted octanol–water partition coefficient (Wildman–Crippen LogP) is 0.370. The Hall–Kier alpha value is -1.18. The molecule has 0 aliphatic heterocycles. The molecule has 0 heterocycles. The van der Waals surface area contributed by atoms with E-state index in [-0.39, 0.29) is 6.79 Å². The summed E-state index contributed by atoms with van der Waals surface area (Å²) in [5.41, 5.74) is 4.49. The van der Waals surface area contributed by atoms with Crippen molar-refractivity contribution >= 4 is 12.1 Å². The molecule has 0 radical (unpaired) electrons. The molecule has 0 aliphatic carbocycles. The van der Waals surface area contributed by atoms with Crippen LogP contribution in [0.15, 0.2) is 0 Å². The van der Waals surface area contributed by atoms with Crippen LogP contribution in [-0.2, 0) is 23.7 Å². The van der Waals surface area contributed by atoms with E-state index in [1.807, 2.05) is 0 Å². The molecule has 0 spiro atoms. The van der Waals surface area contributed by atoms with Gasteiger partial charge in [-0.15, -0.1) is 0 Å². The van der Waals surface area contributed by atoms with Gasteiger partial charge in [-0.05, 0) is 20.8 Å². The van der Waals surface area contributed by atoms with Crippen molar-refractivity contribution in [1.29, 1.82) is 0 Å².